The molecule has 0 spiro atoms. The van der Waals surface area contributed by atoms with E-state index < -0.39 is 6.10 Å². The molecule has 1 aliphatic heterocycles. The zero-order chi connectivity index (χ0) is 19.1. The van der Waals surface area contributed by atoms with Gasteiger partial charge in [-0.3, -0.25) is 4.90 Å². The second-order valence-electron chi connectivity index (χ2n) is 7.32. The number of hydrogen-bond acceptors (Lipinski definition) is 7. The number of rotatable bonds is 9. The number of aliphatic hydroxyl groups excluding tert-OH is 1. The number of aromatic nitrogens is 2. The van der Waals surface area contributed by atoms with Crippen molar-refractivity contribution in [2.45, 2.75) is 45.4 Å². The predicted molar refractivity (Wildman–Crippen MR) is 102 cm³/mol. The first-order valence-electron chi connectivity index (χ1n) is 9.69. The Bertz CT molecular complexity index is 700. The number of aryl methyl sites for hydroxylation is 1. The van der Waals surface area contributed by atoms with E-state index >= 15 is 0 Å². The molecule has 1 aromatic carbocycles. The monoisotopic (exact) mass is 374 g/mol. The van der Waals surface area contributed by atoms with Crippen LogP contribution in [-0.2, 0) is 13.1 Å². The third-order valence-corrected chi connectivity index (χ3v) is 4.73. The van der Waals surface area contributed by atoms with Gasteiger partial charge in [0.2, 0.25) is 11.8 Å². The zero-order valence-corrected chi connectivity index (χ0v) is 16.3. The van der Waals surface area contributed by atoms with Crippen molar-refractivity contribution in [3.63, 3.8) is 0 Å². The van der Waals surface area contributed by atoms with Crippen molar-refractivity contribution >= 4 is 0 Å². The van der Waals surface area contributed by atoms with Gasteiger partial charge in [0.25, 0.3) is 0 Å². The van der Waals surface area contributed by atoms with Crippen LogP contribution in [0.15, 0.2) is 28.7 Å². The second-order valence-corrected chi connectivity index (χ2v) is 7.32. The summed E-state index contributed by atoms with van der Waals surface area (Å²) in [5, 5.41) is 18.2. The molecule has 148 valence electrons. The summed E-state index contributed by atoms with van der Waals surface area (Å²) in [5.74, 6) is 1.99. The molecule has 1 aromatic heterocycles. The molecule has 1 fully saturated rings. The highest BCUT2D eigenvalue weighted by atomic mass is 16.5. The molecule has 1 atom stereocenters. The Labute approximate surface area is 160 Å². The number of β-amino-alcohol motifs (C(OH)–C–C–N with tert-alkyl or cyclic N) is 1. The molecular formula is C20H30N4O3. The van der Waals surface area contributed by atoms with Gasteiger partial charge in [-0.2, -0.15) is 0 Å². The highest BCUT2D eigenvalue weighted by Crippen LogP contribution is 2.20. The van der Waals surface area contributed by atoms with E-state index in [-0.39, 0.29) is 0 Å². The maximum atomic E-state index is 10.3. The smallest absolute Gasteiger partial charge is 0.230 e. The highest BCUT2D eigenvalue weighted by molar-refractivity contribution is 5.33. The van der Waals surface area contributed by atoms with E-state index in [1.54, 1.807) is 6.92 Å². The summed E-state index contributed by atoms with van der Waals surface area (Å²) in [6.45, 7) is 6.20. The number of likely N-dealkylation sites (tertiary alicyclic amines) is 1. The molecule has 27 heavy (non-hydrogen) atoms. The fraction of sp³-hybridized carbons (Fsp3) is 0.600. The van der Waals surface area contributed by atoms with Crippen molar-refractivity contribution in [3.05, 3.63) is 41.6 Å². The number of ether oxygens (including phenoxy) is 1. The van der Waals surface area contributed by atoms with Gasteiger partial charge in [0.05, 0.1) is 6.54 Å². The van der Waals surface area contributed by atoms with Crippen molar-refractivity contribution in [3.8, 4) is 5.75 Å². The third-order valence-electron chi connectivity index (χ3n) is 4.73. The molecular weight excluding hydrogens is 344 g/mol. The van der Waals surface area contributed by atoms with Gasteiger partial charge < -0.3 is 19.2 Å². The van der Waals surface area contributed by atoms with E-state index in [1.807, 2.05) is 31.3 Å². The Kier molecular flexibility index (Phi) is 7.20. The second kappa shape index (κ2) is 9.82. The van der Waals surface area contributed by atoms with Crippen molar-refractivity contribution in [1.29, 1.82) is 0 Å². The van der Waals surface area contributed by atoms with Crippen molar-refractivity contribution in [1.82, 2.24) is 20.0 Å². The number of piperidine rings is 1. The molecule has 1 N–H and O–H groups in total. The summed E-state index contributed by atoms with van der Waals surface area (Å²) in [6.07, 6.45) is 3.27. The van der Waals surface area contributed by atoms with Crippen molar-refractivity contribution < 1.29 is 14.3 Å². The maximum Gasteiger partial charge on any atom is 0.230 e. The van der Waals surface area contributed by atoms with E-state index in [2.05, 4.69) is 20.0 Å². The number of nitrogens with zero attached hydrogens (tertiary/aromatic N) is 4. The van der Waals surface area contributed by atoms with Crippen LogP contribution in [0.1, 0.15) is 36.6 Å². The summed E-state index contributed by atoms with van der Waals surface area (Å²) in [4.78, 5) is 4.42. The molecule has 7 nitrogen and oxygen atoms in total. The summed E-state index contributed by atoms with van der Waals surface area (Å²) in [7, 11) is 2.00. The molecule has 0 radical (unpaired) electrons. The van der Waals surface area contributed by atoms with Crippen LogP contribution in [-0.4, -0.2) is 64.5 Å². The minimum absolute atomic E-state index is 0.306. The third kappa shape index (κ3) is 6.30. The maximum absolute atomic E-state index is 10.3. The number of hydrogen-bond donors (Lipinski definition) is 1. The summed E-state index contributed by atoms with van der Waals surface area (Å²) < 4.78 is 11.4. The van der Waals surface area contributed by atoms with Crippen LogP contribution in [0, 0.1) is 6.92 Å². The number of para-hydroxylation sites is 1. The lowest BCUT2D eigenvalue weighted by atomic mass is 10.1. The minimum atomic E-state index is -0.477. The summed E-state index contributed by atoms with van der Waals surface area (Å²) >= 11 is 0. The summed E-state index contributed by atoms with van der Waals surface area (Å²) in [6, 6.07) is 7.95. The lowest BCUT2D eigenvalue weighted by Crippen LogP contribution is -2.38. The van der Waals surface area contributed by atoms with Crippen LogP contribution < -0.4 is 4.74 Å². The van der Waals surface area contributed by atoms with E-state index in [9.17, 15) is 5.11 Å². The fourth-order valence-electron chi connectivity index (χ4n) is 3.43. The Morgan fingerprint density at radius 1 is 1.19 bits per heavy atom. The van der Waals surface area contributed by atoms with Crippen LogP contribution >= 0.6 is 0 Å². The largest absolute Gasteiger partial charge is 0.491 e. The van der Waals surface area contributed by atoms with Crippen LogP contribution in [0.2, 0.25) is 0 Å². The van der Waals surface area contributed by atoms with Gasteiger partial charge >= 0.3 is 0 Å². The Morgan fingerprint density at radius 3 is 2.70 bits per heavy atom. The number of aliphatic hydroxyl groups is 1. The van der Waals surface area contributed by atoms with Gasteiger partial charge in [-0.15, -0.1) is 10.2 Å². The first kappa shape index (κ1) is 19.8. The van der Waals surface area contributed by atoms with Crippen molar-refractivity contribution in [2.24, 2.45) is 0 Å². The van der Waals surface area contributed by atoms with Crippen LogP contribution in [0.5, 0.6) is 5.75 Å². The molecule has 1 saturated heterocycles. The van der Waals surface area contributed by atoms with Gasteiger partial charge in [0, 0.05) is 25.6 Å². The quantitative estimate of drug-likeness (QED) is 0.721. The minimum Gasteiger partial charge on any atom is -0.491 e. The first-order valence-corrected chi connectivity index (χ1v) is 9.69. The summed E-state index contributed by atoms with van der Waals surface area (Å²) in [5.41, 5.74) is 1.07. The Balaban J connectivity index is 1.50. The lowest BCUT2D eigenvalue weighted by Gasteiger charge is -2.28. The van der Waals surface area contributed by atoms with Gasteiger partial charge in [-0.25, -0.2) is 0 Å². The Morgan fingerprint density at radius 2 is 1.96 bits per heavy atom. The van der Waals surface area contributed by atoms with E-state index in [1.165, 1.54) is 19.3 Å². The average Bonchev–Trinajstić information content (AvgIpc) is 3.06. The van der Waals surface area contributed by atoms with Gasteiger partial charge in [-0.05, 0) is 39.0 Å². The predicted octanol–water partition coefficient (Wildman–Crippen LogP) is 2.24. The van der Waals surface area contributed by atoms with Crippen LogP contribution in [0.25, 0.3) is 0 Å². The van der Waals surface area contributed by atoms with Gasteiger partial charge in [-0.1, -0.05) is 24.6 Å². The molecule has 2 aromatic rings. The molecule has 0 bridgehead atoms. The first-order chi connectivity index (χ1) is 13.1. The van der Waals surface area contributed by atoms with E-state index in [0.29, 0.717) is 38.0 Å². The lowest BCUT2D eigenvalue weighted by molar-refractivity contribution is 0.0611. The topological polar surface area (TPSA) is 74.9 Å². The number of benzene rings is 1. The van der Waals surface area contributed by atoms with Crippen molar-refractivity contribution in [2.75, 3.05) is 33.3 Å². The average molecular weight is 374 g/mol. The molecule has 7 heteroatoms. The molecule has 3 rings (SSSR count). The Hall–Kier alpha value is -1.96. The fourth-order valence-corrected chi connectivity index (χ4v) is 3.43. The zero-order valence-electron chi connectivity index (χ0n) is 16.3. The molecule has 2 heterocycles. The molecule has 0 aliphatic carbocycles. The van der Waals surface area contributed by atoms with Crippen LogP contribution in [0.4, 0.5) is 0 Å². The van der Waals surface area contributed by atoms with Gasteiger partial charge in [0.15, 0.2) is 0 Å². The normalized spacial score (nSPS) is 16.6. The molecule has 0 unspecified atom stereocenters. The standard InChI is InChI=1S/C20H30N4O3/c1-16-21-22-20(27-16)14-23(2)12-17-8-4-5-9-19(17)26-15-18(25)13-24-10-6-3-7-11-24/h4-5,8-9,18,25H,3,6-7,10-15H2,1-2H3/t18-/m1/s1. The van der Waals surface area contributed by atoms with Gasteiger partial charge in [0.1, 0.15) is 18.5 Å². The van der Waals surface area contributed by atoms with E-state index in [0.717, 1.165) is 24.4 Å². The van der Waals surface area contributed by atoms with E-state index in [4.69, 9.17) is 9.15 Å². The molecule has 1 aliphatic rings. The SMILES string of the molecule is Cc1nnc(CN(C)Cc2ccccc2OC[C@H](O)CN2CCCCC2)o1. The highest BCUT2D eigenvalue weighted by Gasteiger charge is 2.16. The molecule has 0 amide bonds. The van der Waals surface area contributed by atoms with Crippen LogP contribution in [0.3, 0.4) is 0 Å². The molecule has 0 saturated carbocycles.